The second kappa shape index (κ2) is 5.31. The average molecular weight is 246 g/mol. The Morgan fingerprint density at radius 2 is 2.00 bits per heavy atom. The number of nitrogens with zero attached hydrogens (tertiary/aromatic N) is 1. The van der Waals surface area contributed by atoms with Gasteiger partial charge in [-0.1, -0.05) is 29.8 Å². The summed E-state index contributed by atoms with van der Waals surface area (Å²) < 4.78 is 0. The van der Waals surface area contributed by atoms with Crippen molar-refractivity contribution in [3.05, 3.63) is 35.4 Å². The fraction of sp³-hybridized carbons (Fsp3) is 0.429. The van der Waals surface area contributed by atoms with E-state index < -0.39 is 0 Å². The molecule has 1 heterocycles. The van der Waals surface area contributed by atoms with Crippen molar-refractivity contribution >= 4 is 11.7 Å². The van der Waals surface area contributed by atoms with Crippen LogP contribution in [0.15, 0.2) is 24.3 Å². The number of Topliss-reactive ketones (excluding diaryl/α,β-unsaturated/α-hetero) is 1. The summed E-state index contributed by atoms with van der Waals surface area (Å²) in [5.74, 6) is -0.267. The van der Waals surface area contributed by atoms with Gasteiger partial charge in [-0.25, -0.2) is 0 Å². The maximum Gasteiger partial charge on any atom is 0.221 e. The van der Waals surface area contributed by atoms with Gasteiger partial charge >= 0.3 is 0 Å². The van der Waals surface area contributed by atoms with Crippen molar-refractivity contribution in [1.82, 2.24) is 4.90 Å². The highest BCUT2D eigenvalue weighted by Gasteiger charge is 2.27. The molecule has 18 heavy (non-hydrogen) atoms. The third-order valence-electron chi connectivity index (χ3n) is 3.42. The highest BCUT2D eigenvalue weighted by atomic mass is 16.1. The van der Waals surface area contributed by atoms with Gasteiger partial charge in [0.05, 0.1) is 12.5 Å². The largest absolute Gasteiger partial charge is 0.369 e. The minimum absolute atomic E-state index is 0.0973. The van der Waals surface area contributed by atoms with Crippen LogP contribution in [-0.2, 0) is 4.79 Å². The SMILES string of the molecule is Cc1ccc(C(=O)CN2CCC(C(N)=O)C2)cc1. The molecule has 1 aliphatic rings. The molecule has 1 unspecified atom stereocenters. The third kappa shape index (κ3) is 2.96. The van der Waals surface area contributed by atoms with Gasteiger partial charge in [-0.3, -0.25) is 14.5 Å². The molecule has 1 aromatic carbocycles. The Morgan fingerprint density at radius 3 is 2.56 bits per heavy atom. The van der Waals surface area contributed by atoms with Crippen LogP contribution in [0.3, 0.4) is 0 Å². The van der Waals surface area contributed by atoms with Crippen LogP contribution >= 0.6 is 0 Å². The normalized spacial score (nSPS) is 19.9. The molecule has 2 rings (SSSR count). The van der Waals surface area contributed by atoms with E-state index in [1.54, 1.807) is 0 Å². The Labute approximate surface area is 107 Å². The Bertz CT molecular complexity index is 453. The monoisotopic (exact) mass is 246 g/mol. The predicted molar refractivity (Wildman–Crippen MR) is 69.3 cm³/mol. The smallest absolute Gasteiger partial charge is 0.221 e. The fourth-order valence-electron chi connectivity index (χ4n) is 2.24. The van der Waals surface area contributed by atoms with Crippen molar-refractivity contribution in [1.29, 1.82) is 0 Å². The number of primary amides is 1. The molecule has 4 nitrogen and oxygen atoms in total. The Morgan fingerprint density at radius 1 is 1.33 bits per heavy atom. The number of nitrogens with two attached hydrogens (primary N) is 1. The maximum atomic E-state index is 12.0. The Hall–Kier alpha value is -1.68. The number of hydrogen-bond donors (Lipinski definition) is 1. The van der Waals surface area contributed by atoms with Crippen molar-refractivity contribution in [3.63, 3.8) is 0 Å². The third-order valence-corrected chi connectivity index (χ3v) is 3.42. The molecule has 1 aliphatic heterocycles. The van der Waals surface area contributed by atoms with E-state index in [1.165, 1.54) is 0 Å². The van der Waals surface area contributed by atoms with Crippen LogP contribution < -0.4 is 5.73 Å². The van der Waals surface area contributed by atoms with Gasteiger partial charge in [-0.05, 0) is 19.9 Å². The van der Waals surface area contributed by atoms with Crippen LogP contribution in [0.5, 0.6) is 0 Å². The molecular weight excluding hydrogens is 228 g/mol. The van der Waals surface area contributed by atoms with Crippen molar-refractivity contribution in [2.45, 2.75) is 13.3 Å². The zero-order chi connectivity index (χ0) is 13.1. The molecule has 2 N–H and O–H groups in total. The maximum absolute atomic E-state index is 12.0. The topological polar surface area (TPSA) is 63.4 Å². The number of carbonyl (C=O) groups excluding carboxylic acids is 2. The second-order valence-corrected chi connectivity index (χ2v) is 4.91. The molecule has 4 heteroatoms. The summed E-state index contributed by atoms with van der Waals surface area (Å²) in [6.45, 7) is 3.73. The molecular formula is C14H18N2O2. The molecule has 0 aromatic heterocycles. The van der Waals surface area contributed by atoms with Gasteiger partial charge in [0.2, 0.25) is 5.91 Å². The number of hydrogen-bond acceptors (Lipinski definition) is 3. The van der Waals surface area contributed by atoms with Crippen LogP contribution in [0, 0.1) is 12.8 Å². The molecule has 1 amide bonds. The van der Waals surface area contributed by atoms with E-state index in [2.05, 4.69) is 0 Å². The summed E-state index contributed by atoms with van der Waals surface area (Å²) in [4.78, 5) is 25.1. The first kappa shape index (κ1) is 12.8. The van der Waals surface area contributed by atoms with Crippen molar-refractivity contribution < 1.29 is 9.59 Å². The van der Waals surface area contributed by atoms with Crippen LogP contribution in [0.1, 0.15) is 22.3 Å². The van der Waals surface area contributed by atoms with Gasteiger partial charge < -0.3 is 5.73 Å². The lowest BCUT2D eigenvalue weighted by atomic mass is 10.1. The molecule has 0 bridgehead atoms. The van der Waals surface area contributed by atoms with Crippen molar-refractivity contribution in [2.24, 2.45) is 11.7 Å². The molecule has 0 spiro atoms. The Kier molecular flexibility index (Phi) is 3.77. The van der Waals surface area contributed by atoms with Crippen LogP contribution in [0.25, 0.3) is 0 Å². The van der Waals surface area contributed by atoms with Gasteiger partial charge in [0.25, 0.3) is 0 Å². The summed E-state index contributed by atoms with van der Waals surface area (Å²) >= 11 is 0. The zero-order valence-corrected chi connectivity index (χ0v) is 10.6. The van der Waals surface area contributed by atoms with E-state index in [9.17, 15) is 9.59 Å². The van der Waals surface area contributed by atoms with E-state index in [1.807, 2.05) is 36.1 Å². The number of amides is 1. The van der Waals surface area contributed by atoms with E-state index in [0.29, 0.717) is 13.1 Å². The Balaban J connectivity index is 1.92. The number of aryl methyl sites for hydroxylation is 1. The van der Waals surface area contributed by atoms with Gasteiger partial charge in [-0.15, -0.1) is 0 Å². The first-order valence-corrected chi connectivity index (χ1v) is 6.18. The molecule has 1 aromatic rings. The predicted octanol–water partition coefficient (Wildman–Crippen LogP) is 0.985. The minimum Gasteiger partial charge on any atom is -0.369 e. The van der Waals surface area contributed by atoms with Crippen molar-refractivity contribution in [3.8, 4) is 0 Å². The zero-order valence-electron chi connectivity index (χ0n) is 10.6. The van der Waals surface area contributed by atoms with Gasteiger partial charge in [-0.2, -0.15) is 0 Å². The average Bonchev–Trinajstić information content (AvgIpc) is 2.78. The van der Waals surface area contributed by atoms with Crippen molar-refractivity contribution in [2.75, 3.05) is 19.6 Å². The standard InChI is InChI=1S/C14H18N2O2/c1-10-2-4-11(5-3-10)13(17)9-16-7-6-12(8-16)14(15)18/h2-5,12H,6-9H2,1H3,(H2,15,18). The summed E-state index contributed by atoms with van der Waals surface area (Å²) in [5.41, 5.74) is 7.13. The molecule has 1 fully saturated rings. The van der Waals surface area contributed by atoms with Gasteiger partial charge in [0.15, 0.2) is 5.78 Å². The van der Waals surface area contributed by atoms with Gasteiger partial charge in [0.1, 0.15) is 0 Å². The fourth-order valence-corrected chi connectivity index (χ4v) is 2.24. The lowest BCUT2D eigenvalue weighted by Crippen LogP contribution is -2.31. The number of likely N-dealkylation sites (tertiary alicyclic amines) is 1. The number of benzene rings is 1. The first-order valence-electron chi connectivity index (χ1n) is 6.18. The highest BCUT2D eigenvalue weighted by molar-refractivity contribution is 5.97. The van der Waals surface area contributed by atoms with E-state index in [-0.39, 0.29) is 17.6 Å². The summed E-state index contributed by atoms with van der Waals surface area (Å²) in [6, 6.07) is 7.56. The number of carbonyl (C=O) groups is 2. The second-order valence-electron chi connectivity index (χ2n) is 4.91. The van der Waals surface area contributed by atoms with Crippen LogP contribution in [0.4, 0.5) is 0 Å². The van der Waals surface area contributed by atoms with E-state index >= 15 is 0 Å². The van der Waals surface area contributed by atoms with Crippen LogP contribution in [-0.4, -0.2) is 36.2 Å². The number of ketones is 1. The first-order chi connectivity index (χ1) is 8.56. The summed E-state index contributed by atoms with van der Waals surface area (Å²) in [7, 11) is 0. The van der Waals surface area contributed by atoms with Gasteiger partial charge in [0, 0.05) is 12.1 Å². The van der Waals surface area contributed by atoms with E-state index in [4.69, 9.17) is 5.73 Å². The lowest BCUT2D eigenvalue weighted by Gasteiger charge is -2.14. The summed E-state index contributed by atoms with van der Waals surface area (Å²) in [5, 5.41) is 0. The summed E-state index contributed by atoms with van der Waals surface area (Å²) in [6.07, 6.45) is 0.760. The molecule has 1 atom stereocenters. The van der Waals surface area contributed by atoms with Crippen LogP contribution in [0.2, 0.25) is 0 Å². The molecule has 0 radical (unpaired) electrons. The molecule has 0 saturated carbocycles. The molecule has 0 aliphatic carbocycles. The quantitative estimate of drug-likeness (QED) is 0.806. The lowest BCUT2D eigenvalue weighted by molar-refractivity contribution is -0.121. The number of rotatable bonds is 4. The molecule has 1 saturated heterocycles. The van der Waals surface area contributed by atoms with E-state index in [0.717, 1.165) is 24.1 Å². The molecule has 96 valence electrons. The minimum atomic E-state index is -0.264. The highest BCUT2D eigenvalue weighted by Crippen LogP contribution is 2.16.